The van der Waals surface area contributed by atoms with Crippen molar-refractivity contribution in [1.29, 1.82) is 0 Å². The summed E-state index contributed by atoms with van der Waals surface area (Å²) >= 11 is 4.93. The highest BCUT2D eigenvalue weighted by molar-refractivity contribution is 7.80. The van der Waals surface area contributed by atoms with Crippen LogP contribution in [0.1, 0.15) is 11.1 Å². The van der Waals surface area contributed by atoms with Gasteiger partial charge in [0, 0.05) is 5.56 Å². The Bertz CT molecular complexity index is 571. The highest BCUT2D eigenvalue weighted by atomic mass is 32.1. The van der Waals surface area contributed by atoms with Gasteiger partial charge in [0.15, 0.2) is 0 Å². The van der Waals surface area contributed by atoms with Gasteiger partial charge in [-0.3, -0.25) is 0 Å². The Morgan fingerprint density at radius 3 is 2.50 bits per heavy atom. The predicted octanol–water partition coefficient (Wildman–Crippen LogP) is 3.04. The maximum absolute atomic E-state index is 13.4. The van der Waals surface area contributed by atoms with E-state index >= 15 is 0 Å². The Balaban J connectivity index is 2.16. The molecule has 0 spiro atoms. The van der Waals surface area contributed by atoms with E-state index in [-0.39, 0.29) is 17.4 Å². The van der Waals surface area contributed by atoms with Crippen molar-refractivity contribution in [1.82, 2.24) is 0 Å². The molecule has 92 valence electrons. The molecule has 2 rings (SSSR count). The fourth-order valence-corrected chi connectivity index (χ4v) is 1.74. The maximum atomic E-state index is 13.4. The molecular weight excluding hydrogens is 249 g/mol. The van der Waals surface area contributed by atoms with Gasteiger partial charge in [-0.05, 0) is 18.2 Å². The van der Waals surface area contributed by atoms with Gasteiger partial charge in [-0.25, -0.2) is 4.39 Å². The van der Waals surface area contributed by atoms with Crippen molar-refractivity contribution in [2.75, 3.05) is 0 Å². The average Bonchev–Trinajstić information content (AvgIpc) is 2.38. The lowest BCUT2D eigenvalue weighted by molar-refractivity contribution is 0.299. The van der Waals surface area contributed by atoms with Gasteiger partial charge in [-0.15, -0.1) is 0 Å². The van der Waals surface area contributed by atoms with Crippen LogP contribution in [0.4, 0.5) is 4.39 Å². The van der Waals surface area contributed by atoms with Gasteiger partial charge >= 0.3 is 0 Å². The highest BCUT2D eigenvalue weighted by Crippen LogP contribution is 2.19. The average molecular weight is 261 g/mol. The highest BCUT2D eigenvalue weighted by Gasteiger charge is 2.07. The van der Waals surface area contributed by atoms with Gasteiger partial charge in [-0.1, -0.05) is 42.5 Å². The van der Waals surface area contributed by atoms with Crippen LogP contribution in [-0.2, 0) is 6.61 Å². The van der Waals surface area contributed by atoms with Crippen molar-refractivity contribution in [2.24, 2.45) is 5.73 Å². The first-order valence-corrected chi connectivity index (χ1v) is 5.84. The molecule has 18 heavy (non-hydrogen) atoms. The second-order valence-corrected chi connectivity index (χ2v) is 4.18. The SMILES string of the molecule is NC(=S)c1ccccc1OCc1ccccc1F. The molecule has 0 amide bonds. The Morgan fingerprint density at radius 2 is 1.78 bits per heavy atom. The standard InChI is InChI=1S/C14H12FNOS/c15-12-7-3-1-5-10(12)9-17-13-8-4-2-6-11(13)14(16)18/h1-8H,9H2,(H2,16,18). The van der Waals surface area contributed by atoms with Gasteiger partial charge in [0.05, 0.1) is 5.56 Å². The van der Waals surface area contributed by atoms with Crippen LogP contribution in [0.25, 0.3) is 0 Å². The maximum Gasteiger partial charge on any atom is 0.129 e. The van der Waals surface area contributed by atoms with Crippen LogP contribution < -0.4 is 10.5 Å². The third kappa shape index (κ3) is 2.84. The number of rotatable bonds is 4. The lowest BCUT2D eigenvalue weighted by Gasteiger charge is -2.10. The summed E-state index contributed by atoms with van der Waals surface area (Å²) in [7, 11) is 0. The minimum Gasteiger partial charge on any atom is -0.488 e. The second kappa shape index (κ2) is 5.60. The molecule has 0 fully saturated rings. The third-order valence-electron chi connectivity index (χ3n) is 2.49. The lowest BCUT2D eigenvalue weighted by Crippen LogP contribution is -2.11. The van der Waals surface area contributed by atoms with E-state index in [0.29, 0.717) is 16.9 Å². The molecule has 0 saturated heterocycles. The summed E-state index contributed by atoms with van der Waals surface area (Å²) in [6.07, 6.45) is 0. The molecule has 2 aromatic carbocycles. The first kappa shape index (κ1) is 12.5. The van der Waals surface area contributed by atoms with Gasteiger partial charge in [0.25, 0.3) is 0 Å². The lowest BCUT2D eigenvalue weighted by atomic mass is 10.2. The fourth-order valence-electron chi connectivity index (χ4n) is 1.57. The van der Waals surface area contributed by atoms with Crippen LogP contribution in [0.2, 0.25) is 0 Å². The molecule has 0 aliphatic heterocycles. The molecule has 0 aromatic heterocycles. The van der Waals surface area contributed by atoms with E-state index in [1.165, 1.54) is 6.07 Å². The summed E-state index contributed by atoms with van der Waals surface area (Å²) in [5.74, 6) is 0.276. The van der Waals surface area contributed by atoms with Crippen LogP contribution in [0.15, 0.2) is 48.5 Å². The summed E-state index contributed by atoms with van der Waals surface area (Å²) in [5, 5.41) is 0. The molecule has 0 radical (unpaired) electrons. The topological polar surface area (TPSA) is 35.2 Å². The smallest absolute Gasteiger partial charge is 0.129 e. The molecule has 0 heterocycles. The Labute approximate surface area is 110 Å². The van der Waals surface area contributed by atoms with Crippen molar-refractivity contribution < 1.29 is 9.13 Å². The van der Waals surface area contributed by atoms with E-state index in [0.717, 1.165) is 0 Å². The molecule has 2 aromatic rings. The molecule has 0 saturated carbocycles. The number of ether oxygens (including phenoxy) is 1. The molecule has 0 atom stereocenters. The zero-order valence-electron chi connectivity index (χ0n) is 9.60. The monoisotopic (exact) mass is 261 g/mol. The van der Waals surface area contributed by atoms with Crippen LogP contribution in [0.5, 0.6) is 5.75 Å². The number of nitrogens with two attached hydrogens (primary N) is 1. The van der Waals surface area contributed by atoms with E-state index in [4.69, 9.17) is 22.7 Å². The molecule has 0 bridgehead atoms. The Hall–Kier alpha value is -1.94. The molecule has 2 N–H and O–H groups in total. The van der Waals surface area contributed by atoms with Crippen molar-refractivity contribution in [3.8, 4) is 5.75 Å². The Kier molecular flexibility index (Phi) is 3.89. The molecule has 4 heteroatoms. The van der Waals surface area contributed by atoms with Gasteiger partial charge < -0.3 is 10.5 Å². The molecule has 0 unspecified atom stereocenters. The predicted molar refractivity (Wildman–Crippen MR) is 73.1 cm³/mol. The molecule has 2 nitrogen and oxygen atoms in total. The summed E-state index contributed by atoms with van der Waals surface area (Å²) in [5.41, 5.74) is 6.74. The zero-order valence-corrected chi connectivity index (χ0v) is 10.4. The number of para-hydroxylation sites is 1. The van der Waals surface area contributed by atoms with E-state index < -0.39 is 0 Å². The minimum atomic E-state index is -0.287. The van der Waals surface area contributed by atoms with Crippen LogP contribution in [0, 0.1) is 5.82 Å². The van der Waals surface area contributed by atoms with Gasteiger partial charge in [0.2, 0.25) is 0 Å². The molecule has 0 aliphatic carbocycles. The fraction of sp³-hybridized carbons (Fsp3) is 0.0714. The second-order valence-electron chi connectivity index (χ2n) is 3.74. The van der Waals surface area contributed by atoms with E-state index in [2.05, 4.69) is 0 Å². The summed E-state index contributed by atoms with van der Waals surface area (Å²) < 4.78 is 19.0. The third-order valence-corrected chi connectivity index (χ3v) is 2.71. The van der Waals surface area contributed by atoms with Crippen LogP contribution in [-0.4, -0.2) is 4.99 Å². The van der Waals surface area contributed by atoms with Gasteiger partial charge in [0.1, 0.15) is 23.2 Å². The van der Waals surface area contributed by atoms with E-state index in [1.54, 1.807) is 30.3 Å². The molecule has 0 aliphatic rings. The number of hydrogen-bond acceptors (Lipinski definition) is 2. The van der Waals surface area contributed by atoms with Crippen molar-refractivity contribution in [3.63, 3.8) is 0 Å². The largest absolute Gasteiger partial charge is 0.488 e. The number of thiocarbonyl (C=S) groups is 1. The van der Waals surface area contributed by atoms with E-state index in [9.17, 15) is 4.39 Å². The zero-order chi connectivity index (χ0) is 13.0. The minimum absolute atomic E-state index is 0.145. The number of benzene rings is 2. The molecular formula is C14H12FNOS. The summed E-state index contributed by atoms with van der Waals surface area (Å²) in [6.45, 7) is 0.145. The Morgan fingerprint density at radius 1 is 1.11 bits per heavy atom. The van der Waals surface area contributed by atoms with E-state index in [1.807, 2.05) is 12.1 Å². The van der Waals surface area contributed by atoms with Gasteiger partial charge in [-0.2, -0.15) is 0 Å². The summed E-state index contributed by atoms with van der Waals surface area (Å²) in [4.78, 5) is 0.263. The van der Waals surface area contributed by atoms with Crippen LogP contribution in [0.3, 0.4) is 0 Å². The first-order chi connectivity index (χ1) is 8.68. The normalized spacial score (nSPS) is 10.1. The van der Waals surface area contributed by atoms with Crippen molar-refractivity contribution in [3.05, 3.63) is 65.5 Å². The first-order valence-electron chi connectivity index (χ1n) is 5.43. The van der Waals surface area contributed by atoms with Crippen molar-refractivity contribution in [2.45, 2.75) is 6.61 Å². The number of hydrogen-bond donors (Lipinski definition) is 1. The number of halogens is 1. The summed E-state index contributed by atoms with van der Waals surface area (Å²) in [6, 6.07) is 13.7. The van der Waals surface area contributed by atoms with Crippen molar-refractivity contribution >= 4 is 17.2 Å². The van der Waals surface area contributed by atoms with Crippen LogP contribution >= 0.6 is 12.2 Å². The quantitative estimate of drug-likeness (QED) is 0.859.